The fourth-order valence-corrected chi connectivity index (χ4v) is 6.62. The first-order valence-electron chi connectivity index (χ1n) is 11.6. The summed E-state index contributed by atoms with van der Waals surface area (Å²) in [4.78, 5) is 25.9. The van der Waals surface area contributed by atoms with E-state index in [2.05, 4.69) is 29.9 Å². The van der Waals surface area contributed by atoms with E-state index >= 15 is 0 Å². The fourth-order valence-electron chi connectivity index (χ4n) is 4.64. The summed E-state index contributed by atoms with van der Waals surface area (Å²) >= 11 is -0.715. The van der Waals surface area contributed by atoms with Crippen molar-refractivity contribution < 1.29 is 40.1 Å². The van der Waals surface area contributed by atoms with Gasteiger partial charge in [0.2, 0.25) is 0 Å². The molecule has 18 nitrogen and oxygen atoms in total. The van der Waals surface area contributed by atoms with Gasteiger partial charge < -0.3 is 0 Å². The molecule has 0 radical (unpaired) electrons. The number of ether oxygens (including phenoxy) is 2. The standard InChI is InChI=1S/C20H24N10O8Se/c21-19-25-13-7(23-3-29(13)17-11(35)9(33)5(1-31)37-17)15(27-19)39-16-8-14(26-20(22)28-16)30(4-24-8)18-12(36)10(34)6(2-32)38-18/h3-6,9-12,17-18,31-36H,1-2H2,(H2,21,25,27)(H2,22,26,28). The van der Waals surface area contributed by atoms with Gasteiger partial charge in [0, 0.05) is 0 Å². The maximum atomic E-state index is 10.5. The molecule has 0 spiro atoms. The van der Waals surface area contributed by atoms with Gasteiger partial charge in [0.15, 0.2) is 0 Å². The van der Waals surface area contributed by atoms with Crippen LogP contribution in [0.2, 0.25) is 0 Å². The first-order chi connectivity index (χ1) is 18.7. The van der Waals surface area contributed by atoms with E-state index in [1.165, 1.54) is 21.8 Å². The van der Waals surface area contributed by atoms with Crippen LogP contribution in [0.1, 0.15) is 12.5 Å². The molecule has 0 aliphatic carbocycles. The second-order valence-corrected chi connectivity index (χ2v) is 11.0. The number of nitrogens with two attached hydrogens (primary N) is 2. The number of anilines is 2. The zero-order valence-electron chi connectivity index (χ0n) is 19.8. The van der Waals surface area contributed by atoms with Crippen molar-refractivity contribution in [2.24, 2.45) is 0 Å². The normalized spacial score (nSPS) is 31.1. The molecule has 4 aromatic rings. The van der Waals surface area contributed by atoms with E-state index in [1.807, 2.05) is 0 Å². The van der Waals surface area contributed by atoms with Crippen LogP contribution in [-0.4, -0.2) is 134 Å². The van der Waals surface area contributed by atoms with Crippen molar-refractivity contribution in [3.8, 4) is 0 Å². The van der Waals surface area contributed by atoms with Crippen molar-refractivity contribution in [1.82, 2.24) is 39.0 Å². The zero-order valence-corrected chi connectivity index (χ0v) is 21.5. The summed E-state index contributed by atoms with van der Waals surface area (Å²) in [5.74, 6) is -0.189. The van der Waals surface area contributed by atoms with Crippen molar-refractivity contribution in [3.63, 3.8) is 0 Å². The molecule has 2 saturated heterocycles. The predicted molar refractivity (Wildman–Crippen MR) is 131 cm³/mol. The first-order valence-corrected chi connectivity index (χ1v) is 13.4. The van der Waals surface area contributed by atoms with Crippen molar-refractivity contribution in [2.45, 2.75) is 49.1 Å². The van der Waals surface area contributed by atoms with Crippen LogP contribution in [0, 0.1) is 0 Å². The first kappa shape index (κ1) is 26.1. The molecular formula is C20H24N10O8Se. The molecule has 8 atom stereocenters. The van der Waals surface area contributed by atoms with Crippen LogP contribution in [0.25, 0.3) is 22.3 Å². The summed E-state index contributed by atoms with van der Waals surface area (Å²) in [7, 11) is 0. The number of imidazole rings is 2. The van der Waals surface area contributed by atoms with Crippen LogP contribution in [0.4, 0.5) is 11.9 Å². The third-order valence-electron chi connectivity index (χ3n) is 6.59. The number of aromatic nitrogens is 8. The van der Waals surface area contributed by atoms with Crippen molar-refractivity contribution in [1.29, 1.82) is 0 Å². The Hall–Kier alpha value is -3.10. The van der Waals surface area contributed by atoms with Gasteiger partial charge in [-0.3, -0.25) is 0 Å². The van der Waals surface area contributed by atoms with Crippen LogP contribution in [0.15, 0.2) is 12.7 Å². The van der Waals surface area contributed by atoms with Gasteiger partial charge in [0.05, 0.1) is 0 Å². The van der Waals surface area contributed by atoms with Gasteiger partial charge in [-0.25, -0.2) is 0 Å². The Morgan fingerprint density at radius 1 is 0.692 bits per heavy atom. The topological polar surface area (TPSA) is 279 Å². The van der Waals surface area contributed by atoms with E-state index in [9.17, 15) is 30.6 Å². The molecule has 2 aliphatic heterocycles. The minimum atomic E-state index is -1.35. The summed E-state index contributed by atoms with van der Waals surface area (Å²) in [6, 6.07) is 0. The molecule has 19 heteroatoms. The molecule has 39 heavy (non-hydrogen) atoms. The number of rotatable bonds is 6. The Labute approximate surface area is 224 Å². The van der Waals surface area contributed by atoms with Gasteiger partial charge in [-0.05, 0) is 0 Å². The second-order valence-electron chi connectivity index (χ2n) is 8.98. The summed E-state index contributed by atoms with van der Waals surface area (Å²) < 4.78 is 14.8. The Bertz CT molecular complexity index is 1420. The van der Waals surface area contributed by atoms with Gasteiger partial charge in [0.25, 0.3) is 0 Å². The van der Waals surface area contributed by atoms with Crippen LogP contribution in [0.3, 0.4) is 0 Å². The average molecular weight is 611 g/mol. The van der Waals surface area contributed by atoms with Crippen molar-refractivity contribution in [3.05, 3.63) is 12.7 Å². The van der Waals surface area contributed by atoms with Crippen LogP contribution < -0.4 is 20.7 Å². The van der Waals surface area contributed by atoms with Crippen molar-refractivity contribution in [2.75, 3.05) is 24.7 Å². The Morgan fingerprint density at radius 2 is 1.10 bits per heavy atom. The molecule has 2 aliphatic rings. The summed E-state index contributed by atoms with van der Waals surface area (Å²) in [6.07, 6.45) is -6.76. The van der Waals surface area contributed by atoms with E-state index in [4.69, 9.17) is 20.9 Å². The molecule has 2 fully saturated rings. The Morgan fingerprint density at radius 3 is 1.46 bits per heavy atom. The second kappa shape index (κ2) is 9.82. The van der Waals surface area contributed by atoms with E-state index in [-0.39, 0.29) is 23.2 Å². The summed E-state index contributed by atoms with van der Waals surface area (Å²) in [6.45, 7) is -0.986. The summed E-state index contributed by atoms with van der Waals surface area (Å²) in [5, 5.41) is 60.1. The van der Waals surface area contributed by atoms with Gasteiger partial charge >= 0.3 is 224 Å². The van der Waals surface area contributed by atoms with Crippen LogP contribution >= 0.6 is 0 Å². The molecule has 0 aromatic carbocycles. The fraction of sp³-hybridized carbons (Fsp3) is 0.500. The molecular weight excluding hydrogens is 587 g/mol. The number of aliphatic hydroxyl groups excluding tert-OH is 6. The van der Waals surface area contributed by atoms with Gasteiger partial charge in [-0.1, -0.05) is 0 Å². The Balaban J connectivity index is 1.38. The quantitative estimate of drug-likeness (QED) is 0.0942. The Kier molecular flexibility index (Phi) is 6.58. The third-order valence-corrected chi connectivity index (χ3v) is 8.60. The number of aliphatic hydroxyl groups is 6. The number of nitrogen functional groups attached to an aromatic ring is 2. The number of nitrogens with zero attached hydrogens (tertiary/aromatic N) is 8. The molecule has 208 valence electrons. The van der Waals surface area contributed by atoms with Crippen molar-refractivity contribution >= 4 is 58.4 Å². The monoisotopic (exact) mass is 612 g/mol. The predicted octanol–water partition coefficient (Wildman–Crippen LogP) is -5.99. The average Bonchev–Trinajstić information content (AvgIpc) is 3.65. The van der Waals surface area contributed by atoms with Gasteiger partial charge in [-0.2, -0.15) is 0 Å². The van der Waals surface area contributed by atoms with Gasteiger partial charge in [0.1, 0.15) is 0 Å². The zero-order chi connectivity index (χ0) is 27.6. The van der Waals surface area contributed by atoms with E-state index < -0.39 is 77.3 Å². The molecule has 0 saturated carbocycles. The number of fused-ring (bicyclic) bond motifs is 2. The van der Waals surface area contributed by atoms with E-state index in [1.54, 1.807) is 0 Å². The molecule has 0 amide bonds. The number of hydrogen-bond donors (Lipinski definition) is 8. The molecule has 4 aromatic heterocycles. The van der Waals surface area contributed by atoms with Crippen LogP contribution in [-0.2, 0) is 9.47 Å². The summed E-state index contributed by atoms with van der Waals surface area (Å²) in [5.41, 5.74) is 13.1. The molecule has 10 N–H and O–H groups in total. The van der Waals surface area contributed by atoms with E-state index in [0.29, 0.717) is 20.2 Å². The molecule has 6 heterocycles. The SMILES string of the molecule is Nc1nc([Se]c2nc(N)nc3c2ncn3C2OC(CO)C(O)C2O)c2ncn(C3OC(CO)C(O)C3O)c2n1. The number of hydrogen-bond acceptors (Lipinski definition) is 16. The third kappa shape index (κ3) is 4.19. The van der Waals surface area contributed by atoms with Crippen LogP contribution in [0.5, 0.6) is 0 Å². The van der Waals surface area contributed by atoms with E-state index in [0.717, 1.165) is 0 Å². The molecule has 8 unspecified atom stereocenters. The maximum absolute atomic E-state index is 10.5. The molecule has 0 bridgehead atoms. The molecule has 6 rings (SSSR count). The van der Waals surface area contributed by atoms with Gasteiger partial charge in [-0.15, -0.1) is 0 Å². The minimum absolute atomic E-state index is 0.0943.